The maximum atomic E-state index is 14.0. The summed E-state index contributed by atoms with van der Waals surface area (Å²) in [6, 6.07) is 7.21. The molecule has 0 aliphatic rings. The first kappa shape index (κ1) is 17.4. The molecule has 0 bridgehead atoms. The van der Waals surface area contributed by atoms with E-state index >= 15 is 0 Å². The van der Waals surface area contributed by atoms with Crippen molar-refractivity contribution in [3.63, 3.8) is 0 Å². The number of nitrogens with zero attached hydrogens (tertiary/aromatic N) is 5. The van der Waals surface area contributed by atoms with E-state index in [1.807, 2.05) is 12.1 Å². The smallest absolute Gasteiger partial charge is 0.289 e. The van der Waals surface area contributed by atoms with Crippen LogP contribution in [0.2, 0.25) is 5.02 Å². The van der Waals surface area contributed by atoms with Gasteiger partial charge in [0, 0.05) is 17.0 Å². The molecule has 1 N–H and O–H groups in total. The second-order valence-electron chi connectivity index (χ2n) is 5.44. The highest BCUT2D eigenvalue weighted by Gasteiger charge is 2.18. The zero-order valence-corrected chi connectivity index (χ0v) is 15.0. The van der Waals surface area contributed by atoms with E-state index in [9.17, 15) is 14.0 Å². The van der Waals surface area contributed by atoms with Gasteiger partial charge in [-0.3, -0.25) is 9.59 Å². The number of hydrogen-bond donors (Lipinski definition) is 1. The first-order valence-electron chi connectivity index (χ1n) is 7.62. The predicted octanol–water partition coefficient (Wildman–Crippen LogP) is 2.05. The summed E-state index contributed by atoms with van der Waals surface area (Å²) >= 11 is 7.12. The van der Waals surface area contributed by atoms with Gasteiger partial charge in [-0.25, -0.2) is 13.9 Å². The van der Waals surface area contributed by atoms with E-state index in [-0.39, 0.29) is 16.5 Å². The number of nitrogens with one attached hydrogen (secondary N) is 1. The first-order chi connectivity index (χ1) is 13.0. The molecule has 8 nitrogen and oxygen atoms in total. The van der Waals surface area contributed by atoms with Crippen LogP contribution in [-0.2, 0) is 5.75 Å². The van der Waals surface area contributed by atoms with Gasteiger partial charge in [0.1, 0.15) is 0 Å². The third kappa shape index (κ3) is 3.36. The zero-order valence-electron chi connectivity index (χ0n) is 13.5. The molecule has 4 aromatic rings. The quantitative estimate of drug-likeness (QED) is 0.523. The largest absolute Gasteiger partial charge is 0.324 e. The highest BCUT2D eigenvalue weighted by molar-refractivity contribution is 7.98. The van der Waals surface area contributed by atoms with Gasteiger partial charge in [0.15, 0.2) is 22.3 Å². The van der Waals surface area contributed by atoms with Crippen LogP contribution in [0.3, 0.4) is 0 Å². The number of benzene rings is 1. The van der Waals surface area contributed by atoms with E-state index in [1.165, 1.54) is 18.0 Å². The molecular formula is C16H10ClFN6O2S. The Morgan fingerprint density at radius 3 is 2.67 bits per heavy atom. The van der Waals surface area contributed by atoms with Crippen molar-refractivity contribution in [3.8, 4) is 5.82 Å². The number of H-pyrrole nitrogens is 1. The number of fused-ring (bicyclic) bond motifs is 1. The summed E-state index contributed by atoms with van der Waals surface area (Å²) in [5, 5.41) is 8.84. The van der Waals surface area contributed by atoms with Crippen molar-refractivity contribution in [2.45, 2.75) is 10.9 Å². The number of aromatic nitrogens is 6. The van der Waals surface area contributed by atoms with Gasteiger partial charge in [-0.1, -0.05) is 35.5 Å². The summed E-state index contributed by atoms with van der Waals surface area (Å²) in [6.45, 7) is 0. The molecule has 0 saturated carbocycles. The van der Waals surface area contributed by atoms with Gasteiger partial charge in [0.25, 0.3) is 11.1 Å². The minimum absolute atomic E-state index is 0.119. The minimum Gasteiger partial charge on any atom is -0.324 e. The molecule has 0 saturated heterocycles. The molecule has 0 spiro atoms. The fourth-order valence-electron chi connectivity index (χ4n) is 2.38. The van der Waals surface area contributed by atoms with Crippen LogP contribution in [-0.4, -0.2) is 29.4 Å². The summed E-state index contributed by atoms with van der Waals surface area (Å²) in [5.41, 5.74) is -0.463. The lowest BCUT2D eigenvalue weighted by atomic mass is 10.2. The molecule has 0 atom stereocenters. The molecule has 0 radical (unpaired) electrons. The third-order valence-electron chi connectivity index (χ3n) is 3.65. The fourth-order valence-corrected chi connectivity index (χ4v) is 3.44. The molecule has 27 heavy (non-hydrogen) atoms. The van der Waals surface area contributed by atoms with Gasteiger partial charge in [0.2, 0.25) is 0 Å². The second kappa shape index (κ2) is 6.97. The Hall–Kier alpha value is -2.98. The van der Waals surface area contributed by atoms with Crippen LogP contribution >= 0.6 is 23.4 Å². The van der Waals surface area contributed by atoms with E-state index in [0.717, 1.165) is 27.2 Å². The van der Waals surface area contributed by atoms with Gasteiger partial charge in [-0.2, -0.15) is 5.10 Å². The Morgan fingerprint density at radius 1 is 1.19 bits per heavy atom. The van der Waals surface area contributed by atoms with Crippen molar-refractivity contribution in [2.75, 3.05) is 0 Å². The molecular weight excluding hydrogens is 395 g/mol. The molecule has 1 aromatic carbocycles. The lowest BCUT2D eigenvalue weighted by Crippen LogP contribution is -2.26. The standard InChI is InChI=1S/C16H10ClFN6O2S/c17-10-3-1-9(2-4-10)8-27-16-22-24-14(11(18)5-21-24)15(26)23(16)12-6-20-13(25)7-19-12/h1-7H,8H2,(H,20,25). The minimum atomic E-state index is -0.792. The van der Waals surface area contributed by atoms with E-state index in [0.29, 0.717) is 10.8 Å². The van der Waals surface area contributed by atoms with Crippen molar-refractivity contribution < 1.29 is 4.39 Å². The third-order valence-corrected chi connectivity index (χ3v) is 4.90. The number of hydrogen-bond acceptors (Lipinski definition) is 6. The molecule has 136 valence electrons. The zero-order chi connectivity index (χ0) is 19.0. The Bertz CT molecular complexity index is 1230. The van der Waals surface area contributed by atoms with Crippen LogP contribution in [0.25, 0.3) is 11.3 Å². The SMILES string of the molecule is O=c1cnc(-n2c(SCc3ccc(Cl)cc3)nn3ncc(F)c3c2=O)c[nH]1. The molecule has 4 rings (SSSR count). The van der Waals surface area contributed by atoms with Crippen LogP contribution in [0.4, 0.5) is 4.39 Å². The maximum absolute atomic E-state index is 14.0. The molecule has 11 heteroatoms. The van der Waals surface area contributed by atoms with Crippen LogP contribution in [0.5, 0.6) is 0 Å². The van der Waals surface area contributed by atoms with Gasteiger partial charge >= 0.3 is 0 Å². The van der Waals surface area contributed by atoms with Crippen molar-refractivity contribution in [1.29, 1.82) is 0 Å². The highest BCUT2D eigenvalue weighted by atomic mass is 35.5. The second-order valence-corrected chi connectivity index (χ2v) is 6.82. The van der Waals surface area contributed by atoms with Gasteiger partial charge in [0.05, 0.1) is 12.4 Å². The van der Waals surface area contributed by atoms with Gasteiger partial charge < -0.3 is 4.98 Å². The molecule has 0 aliphatic carbocycles. The summed E-state index contributed by atoms with van der Waals surface area (Å²) in [4.78, 5) is 30.5. The Kier molecular flexibility index (Phi) is 4.50. The average Bonchev–Trinajstić information content (AvgIpc) is 3.03. The lowest BCUT2D eigenvalue weighted by molar-refractivity contribution is 0.623. The maximum Gasteiger partial charge on any atom is 0.289 e. The number of aromatic amines is 1. The molecule has 3 heterocycles. The van der Waals surface area contributed by atoms with E-state index < -0.39 is 16.9 Å². The monoisotopic (exact) mass is 404 g/mol. The van der Waals surface area contributed by atoms with Crippen molar-refractivity contribution in [3.05, 3.63) is 80.0 Å². The normalized spacial score (nSPS) is 11.2. The molecule has 3 aromatic heterocycles. The fraction of sp³-hybridized carbons (Fsp3) is 0.0625. The Balaban J connectivity index is 1.83. The van der Waals surface area contributed by atoms with E-state index in [4.69, 9.17) is 11.6 Å². The number of thioether (sulfide) groups is 1. The number of halogens is 2. The summed E-state index contributed by atoms with van der Waals surface area (Å²) in [5.74, 6) is -0.198. The van der Waals surface area contributed by atoms with Crippen LogP contribution in [0.15, 0.2) is 57.6 Å². The highest BCUT2D eigenvalue weighted by Crippen LogP contribution is 2.23. The predicted molar refractivity (Wildman–Crippen MR) is 98.0 cm³/mol. The van der Waals surface area contributed by atoms with Gasteiger partial charge in [-0.15, -0.1) is 9.73 Å². The first-order valence-corrected chi connectivity index (χ1v) is 8.98. The van der Waals surface area contributed by atoms with E-state index in [2.05, 4.69) is 20.2 Å². The Morgan fingerprint density at radius 2 is 1.96 bits per heavy atom. The average molecular weight is 405 g/mol. The van der Waals surface area contributed by atoms with Crippen molar-refractivity contribution in [1.82, 2.24) is 29.4 Å². The molecule has 0 amide bonds. The van der Waals surface area contributed by atoms with E-state index in [1.54, 1.807) is 12.1 Å². The van der Waals surface area contributed by atoms with Crippen molar-refractivity contribution in [2.24, 2.45) is 0 Å². The Labute approximate surface area is 159 Å². The molecule has 0 unspecified atom stereocenters. The van der Waals surface area contributed by atoms with Gasteiger partial charge in [-0.05, 0) is 17.7 Å². The van der Waals surface area contributed by atoms with Crippen LogP contribution in [0, 0.1) is 5.82 Å². The topological polar surface area (TPSA) is 97.9 Å². The molecule has 0 fully saturated rings. The van der Waals surface area contributed by atoms with Crippen LogP contribution in [0.1, 0.15) is 5.56 Å². The summed E-state index contributed by atoms with van der Waals surface area (Å²) in [7, 11) is 0. The van der Waals surface area contributed by atoms with Crippen molar-refractivity contribution >= 4 is 28.9 Å². The lowest BCUT2D eigenvalue weighted by Gasteiger charge is -2.10. The summed E-state index contributed by atoms with van der Waals surface area (Å²) in [6.07, 6.45) is 3.22. The molecule has 0 aliphatic heterocycles. The number of rotatable bonds is 4. The van der Waals surface area contributed by atoms with Crippen LogP contribution < -0.4 is 11.1 Å². The summed E-state index contributed by atoms with van der Waals surface area (Å²) < 4.78 is 16.0.